The Hall–Kier alpha value is -0.279. The van der Waals surface area contributed by atoms with Crippen molar-refractivity contribution in [3.8, 4) is 0 Å². The van der Waals surface area contributed by atoms with Gasteiger partial charge >= 0.3 is 198 Å². The Balaban J connectivity index is 0.00000341. The molecule has 1 aliphatic rings. The van der Waals surface area contributed by atoms with E-state index in [0.29, 0.717) is 0 Å². The van der Waals surface area contributed by atoms with Gasteiger partial charge in [0.05, 0.1) is 0 Å². The third-order valence-electron chi connectivity index (χ3n) is 7.55. The van der Waals surface area contributed by atoms with E-state index >= 15 is 0 Å². The van der Waals surface area contributed by atoms with Crippen molar-refractivity contribution < 1.29 is 57.7 Å². The van der Waals surface area contributed by atoms with Crippen LogP contribution in [0.2, 0.25) is 12.6 Å². The van der Waals surface area contributed by atoms with Crippen molar-refractivity contribution in [3.05, 3.63) is 84.4 Å². The molecule has 178 valence electrons. The first-order valence-corrected chi connectivity index (χ1v) is 15.0. The van der Waals surface area contributed by atoms with E-state index in [1.165, 1.54) is 41.1 Å². The molecule has 0 saturated carbocycles. The summed E-state index contributed by atoms with van der Waals surface area (Å²) >= 11 is 2.40. The molecule has 0 heterocycles. The summed E-state index contributed by atoms with van der Waals surface area (Å²) in [5.41, 5.74) is 10.7. The van der Waals surface area contributed by atoms with Crippen LogP contribution in [0.5, 0.6) is 0 Å². The van der Waals surface area contributed by atoms with E-state index in [1.807, 2.05) is 0 Å². The minimum absolute atomic E-state index is 0. The maximum absolute atomic E-state index is 2.68. The Bertz CT molecular complexity index is 983. The average Bonchev–Trinajstić information content (AvgIpc) is 3.10. The Morgan fingerprint density at radius 2 is 1.33 bits per heavy atom. The van der Waals surface area contributed by atoms with E-state index in [-0.39, 0.29) is 37.2 Å². The topological polar surface area (TPSA) is 0 Å². The Kier molecular flexibility index (Phi) is 13.6. The van der Waals surface area contributed by atoms with Crippen LogP contribution in [0.15, 0.2) is 51.1 Å². The van der Waals surface area contributed by atoms with Gasteiger partial charge in [-0.2, -0.15) is 0 Å². The first-order valence-electron chi connectivity index (χ1n) is 11.5. The second-order valence-electron chi connectivity index (χ2n) is 9.39. The van der Waals surface area contributed by atoms with E-state index in [1.54, 1.807) is 31.0 Å². The van der Waals surface area contributed by atoms with Crippen LogP contribution < -0.4 is 42.4 Å². The number of hydrogen-bond acceptors (Lipinski definition) is 0. The maximum Gasteiger partial charge on any atom is -1.00 e. The molecule has 1 unspecified atom stereocenters. The van der Waals surface area contributed by atoms with Gasteiger partial charge in [0.1, 0.15) is 0 Å². The molecule has 0 radical (unpaired) electrons. The Morgan fingerprint density at radius 3 is 1.85 bits per heavy atom. The minimum atomic E-state index is -1.86. The second-order valence-corrected chi connectivity index (χ2v) is 14.5. The van der Waals surface area contributed by atoms with Crippen LogP contribution in [0, 0.1) is 34.6 Å². The van der Waals surface area contributed by atoms with Crippen LogP contribution in [0.25, 0.3) is 0 Å². The number of halogens is 3. The molecule has 2 aromatic carbocycles. The molecule has 0 aromatic heterocycles. The molecule has 0 amide bonds. The van der Waals surface area contributed by atoms with Crippen LogP contribution >= 0.6 is 0 Å². The molecule has 5 heteroatoms. The van der Waals surface area contributed by atoms with Gasteiger partial charge in [-0.1, -0.05) is 0 Å². The smallest absolute Gasteiger partial charge is 1.00 e. The van der Waals surface area contributed by atoms with Gasteiger partial charge in [-0.3, -0.25) is 0 Å². The molecular weight excluding hydrogens is 519 g/mol. The summed E-state index contributed by atoms with van der Waals surface area (Å²) in [5, 5.41) is 3.49. The SMILES string of the molecule is CCCC[Si](C)(C1=[C]([Ti+3])CC=C1Cc1ccccc1)c1c(C)c(C)c(C)c(C)c1C.[Cl-].[Cl-].[Cl-]. The van der Waals surface area contributed by atoms with Crippen LogP contribution in [-0.2, 0) is 26.9 Å². The van der Waals surface area contributed by atoms with Crippen LogP contribution in [-0.4, -0.2) is 8.07 Å². The van der Waals surface area contributed by atoms with Crippen molar-refractivity contribution >= 4 is 13.3 Å². The monoisotopic (exact) mass is 554 g/mol. The van der Waals surface area contributed by atoms with Crippen molar-refractivity contribution in [3.63, 3.8) is 0 Å². The number of rotatable bonds is 7. The fraction of sp³-hybridized carbons (Fsp3) is 0.429. The minimum Gasteiger partial charge on any atom is -1.00 e. The van der Waals surface area contributed by atoms with Crippen molar-refractivity contribution in [2.24, 2.45) is 0 Å². The normalized spacial score (nSPS) is 14.6. The molecular formula is C28H37Cl3SiTi. The standard InChI is InChI=1S/C28H37Si.3ClH.Ti/c1-8-9-18-29(7,28-23(5)21(3)20(2)22(4)24(28)6)27-17-13-16-26(27)19-25-14-11-10-12-15-25;;;;/h10-12,14-16H,8-9,13,18-19H2,1-7H3;3*1H;/q;;;;+3/p-3. The molecule has 0 bridgehead atoms. The van der Waals surface area contributed by atoms with Gasteiger partial charge in [0.15, 0.2) is 0 Å². The largest absolute Gasteiger partial charge is 1.00 e. The van der Waals surface area contributed by atoms with Crippen molar-refractivity contribution in [2.75, 3.05) is 0 Å². The summed E-state index contributed by atoms with van der Waals surface area (Å²) in [7, 11) is -1.86. The third kappa shape index (κ3) is 6.49. The van der Waals surface area contributed by atoms with Crippen LogP contribution in [0.4, 0.5) is 0 Å². The fourth-order valence-corrected chi connectivity index (χ4v) is 12.7. The first kappa shape index (κ1) is 32.7. The number of unbranched alkanes of at least 4 members (excludes halogenated alkanes) is 1. The maximum atomic E-state index is 2.68. The van der Waals surface area contributed by atoms with Gasteiger partial charge in [0, 0.05) is 0 Å². The molecule has 3 rings (SSSR count). The Morgan fingerprint density at radius 1 is 0.818 bits per heavy atom. The summed E-state index contributed by atoms with van der Waals surface area (Å²) < 4.78 is 1.63. The zero-order valence-corrected chi connectivity index (χ0v) is 26.0. The molecule has 0 saturated heterocycles. The number of benzene rings is 2. The molecule has 1 aliphatic carbocycles. The molecule has 0 fully saturated rings. The fourth-order valence-electron chi connectivity index (χ4n) is 5.52. The molecule has 1 atom stereocenters. The quantitative estimate of drug-likeness (QED) is 0.355. The summed E-state index contributed by atoms with van der Waals surface area (Å²) in [6.45, 7) is 16.8. The van der Waals surface area contributed by atoms with Gasteiger partial charge in [0.2, 0.25) is 0 Å². The summed E-state index contributed by atoms with van der Waals surface area (Å²) in [4.78, 5) is 0. The second kappa shape index (κ2) is 13.7. The molecule has 0 spiro atoms. The predicted octanol–water partition coefficient (Wildman–Crippen LogP) is -1.76. The van der Waals surface area contributed by atoms with Gasteiger partial charge in [-0.25, -0.2) is 0 Å². The van der Waals surface area contributed by atoms with Gasteiger partial charge < -0.3 is 37.2 Å². The Labute approximate surface area is 233 Å². The van der Waals surface area contributed by atoms with Crippen LogP contribution in [0.3, 0.4) is 0 Å². The van der Waals surface area contributed by atoms with E-state index < -0.39 is 8.07 Å². The van der Waals surface area contributed by atoms with E-state index in [9.17, 15) is 0 Å². The molecule has 0 N–H and O–H groups in total. The molecule has 0 aliphatic heterocycles. The zero-order chi connectivity index (χ0) is 22.1. The summed E-state index contributed by atoms with van der Waals surface area (Å²) in [6.07, 6.45) is 7.34. The van der Waals surface area contributed by atoms with Crippen molar-refractivity contribution in [1.82, 2.24) is 0 Å². The predicted molar refractivity (Wildman–Crippen MR) is 131 cm³/mol. The van der Waals surface area contributed by atoms with Crippen molar-refractivity contribution in [2.45, 2.75) is 79.8 Å². The van der Waals surface area contributed by atoms with Crippen LogP contribution in [0.1, 0.15) is 59.6 Å². The molecule has 33 heavy (non-hydrogen) atoms. The number of hydrogen-bond donors (Lipinski definition) is 0. The first-order chi connectivity index (χ1) is 14.2. The summed E-state index contributed by atoms with van der Waals surface area (Å²) in [5.74, 6) is 0. The number of allylic oxidation sites excluding steroid dienone is 4. The third-order valence-corrected chi connectivity index (χ3v) is 13.6. The van der Waals surface area contributed by atoms with E-state index in [4.69, 9.17) is 0 Å². The summed E-state index contributed by atoms with van der Waals surface area (Å²) in [6, 6.07) is 12.4. The van der Waals surface area contributed by atoms with Crippen molar-refractivity contribution in [1.29, 1.82) is 0 Å². The van der Waals surface area contributed by atoms with Gasteiger partial charge in [-0.15, -0.1) is 0 Å². The molecule has 2 aromatic rings. The van der Waals surface area contributed by atoms with E-state index in [0.717, 1.165) is 12.8 Å². The van der Waals surface area contributed by atoms with E-state index in [2.05, 4.69) is 105 Å². The van der Waals surface area contributed by atoms with Gasteiger partial charge in [-0.05, 0) is 0 Å². The van der Waals surface area contributed by atoms with Gasteiger partial charge in [0.25, 0.3) is 0 Å². The zero-order valence-electron chi connectivity index (χ0n) is 21.1. The average molecular weight is 556 g/mol. The molecule has 0 nitrogen and oxygen atoms in total.